The molecule has 20 heavy (non-hydrogen) atoms. The van der Waals surface area contributed by atoms with Crippen LogP contribution < -0.4 is 4.74 Å². The molecule has 3 rings (SSSR count). The molecule has 0 bridgehead atoms. The van der Waals surface area contributed by atoms with Crippen LogP contribution in [0.5, 0.6) is 5.75 Å². The van der Waals surface area contributed by atoms with Crippen molar-refractivity contribution >= 4 is 10.9 Å². The summed E-state index contributed by atoms with van der Waals surface area (Å²) in [7, 11) is 0. The van der Waals surface area contributed by atoms with Crippen LogP contribution in [0.3, 0.4) is 0 Å². The molecule has 0 fully saturated rings. The van der Waals surface area contributed by atoms with Crippen molar-refractivity contribution in [3.05, 3.63) is 55.0 Å². The summed E-state index contributed by atoms with van der Waals surface area (Å²) in [4.78, 5) is 4.31. The van der Waals surface area contributed by atoms with Gasteiger partial charge in [-0.3, -0.25) is 9.67 Å². The third-order valence-corrected chi connectivity index (χ3v) is 2.98. The van der Waals surface area contributed by atoms with Crippen molar-refractivity contribution in [2.45, 2.75) is 12.6 Å². The highest BCUT2D eigenvalue weighted by atomic mass is 16.5. The number of para-hydroxylation sites is 1. The van der Waals surface area contributed by atoms with Crippen LogP contribution in [0.25, 0.3) is 10.9 Å². The number of aromatic nitrogens is 3. The molecule has 102 valence electrons. The van der Waals surface area contributed by atoms with Crippen molar-refractivity contribution in [3.63, 3.8) is 0 Å². The van der Waals surface area contributed by atoms with Crippen LogP contribution in [-0.4, -0.2) is 32.6 Å². The molecule has 2 aromatic heterocycles. The summed E-state index contributed by atoms with van der Waals surface area (Å²) in [6.45, 7) is 0.612. The molecule has 3 aromatic rings. The minimum atomic E-state index is -0.617. The summed E-state index contributed by atoms with van der Waals surface area (Å²) in [6, 6.07) is 11.4. The molecule has 0 spiro atoms. The number of aliphatic hydroxyl groups excluding tert-OH is 1. The van der Waals surface area contributed by atoms with Crippen molar-refractivity contribution in [2.75, 3.05) is 6.61 Å². The molecule has 2 heterocycles. The number of ether oxygens (including phenoxy) is 1. The second-order valence-corrected chi connectivity index (χ2v) is 4.52. The van der Waals surface area contributed by atoms with Crippen LogP contribution in [0.1, 0.15) is 0 Å². The molecule has 5 nitrogen and oxygen atoms in total. The lowest BCUT2D eigenvalue weighted by Gasteiger charge is -2.13. The molecule has 0 aliphatic heterocycles. The molecule has 0 aliphatic rings. The summed E-state index contributed by atoms with van der Waals surface area (Å²) in [5.41, 5.74) is 0.807. The molecule has 5 heteroatoms. The van der Waals surface area contributed by atoms with Gasteiger partial charge in [0.15, 0.2) is 0 Å². The number of pyridine rings is 1. The van der Waals surface area contributed by atoms with Crippen molar-refractivity contribution in [2.24, 2.45) is 0 Å². The van der Waals surface area contributed by atoms with E-state index in [1.807, 2.05) is 42.6 Å². The lowest BCUT2D eigenvalue weighted by molar-refractivity contribution is 0.0900. The molecule has 0 radical (unpaired) electrons. The Kier molecular flexibility index (Phi) is 3.60. The number of hydrogen-bond acceptors (Lipinski definition) is 4. The van der Waals surface area contributed by atoms with Gasteiger partial charge < -0.3 is 9.84 Å². The monoisotopic (exact) mass is 269 g/mol. The molecular formula is C15H15N3O2. The van der Waals surface area contributed by atoms with E-state index in [-0.39, 0.29) is 6.61 Å². The van der Waals surface area contributed by atoms with E-state index in [4.69, 9.17) is 4.74 Å². The van der Waals surface area contributed by atoms with Gasteiger partial charge in [0.1, 0.15) is 24.0 Å². The first kappa shape index (κ1) is 12.6. The van der Waals surface area contributed by atoms with Crippen molar-refractivity contribution in [1.29, 1.82) is 0 Å². The van der Waals surface area contributed by atoms with Gasteiger partial charge >= 0.3 is 0 Å². The van der Waals surface area contributed by atoms with Gasteiger partial charge in [0.2, 0.25) is 0 Å². The molecule has 0 saturated carbocycles. The summed E-state index contributed by atoms with van der Waals surface area (Å²) in [6.07, 6.45) is 4.61. The average Bonchev–Trinajstić information content (AvgIpc) is 2.98. The summed E-state index contributed by atoms with van der Waals surface area (Å²) in [5, 5.41) is 15.0. The predicted octanol–water partition coefficient (Wildman–Crippen LogP) is 1.87. The molecule has 0 amide bonds. The number of rotatable bonds is 5. The maximum absolute atomic E-state index is 9.95. The average molecular weight is 269 g/mol. The quantitative estimate of drug-likeness (QED) is 0.768. The van der Waals surface area contributed by atoms with Crippen molar-refractivity contribution < 1.29 is 9.84 Å². The highest BCUT2D eigenvalue weighted by Crippen LogP contribution is 2.22. The van der Waals surface area contributed by atoms with E-state index >= 15 is 0 Å². The number of hydrogen-bond donors (Lipinski definition) is 1. The van der Waals surface area contributed by atoms with Crippen molar-refractivity contribution in [3.8, 4) is 5.75 Å². The van der Waals surface area contributed by atoms with E-state index in [9.17, 15) is 5.11 Å². The van der Waals surface area contributed by atoms with Crippen LogP contribution in [0.4, 0.5) is 0 Å². The zero-order valence-corrected chi connectivity index (χ0v) is 10.9. The Balaban J connectivity index is 1.67. The van der Waals surface area contributed by atoms with Crippen LogP contribution in [0.15, 0.2) is 55.0 Å². The molecular weight excluding hydrogens is 254 g/mol. The maximum atomic E-state index is 9.95. The second kappa shape index (κ2) is 5.71. The van der Waals surface area contributed by atoms with E-state index in [1.54, 1.807) is 17.1 Å². The van der Waals surface area contributed by atoms with Crippen molar-refractivity contribution in [1.82, 2.24) is 14.8 Å². The fourth-order valence-electron chi connectivity index (χ4n) is 2.06. The standard InChI is InChI=1S/C15H15N3O2/c19-13(10-18-9-3-8-17-18)11-20-14-6-1-4-12-5-2-7-16-15(12)14/h1-9,13,19H,10-11H2. The highest BCUT2D eigenvalue weighted by Gasteiger charge is 2.08. The molecule has 1 unspecified atom stereocenters. The Morgan fingerprint density at radius 1 is 1.15 bits per heavy atom. The van der Waals surface area contributed by atoms with Gasteiger partial charge in [-0.15, -0.1) is 0 Å². The van der Waals surface area contributed by atoms with E-state index in [0.717, 1.165) is 10.9 Å². The van der Waals surface area contributed by atoms with Crippen LogP contribution in [0, 0.1) is 0 Å². The lowest BCUT2D eigenvalue weighted by Crippen LogP contribution is -2.23. The fourth-order valence-corrected chi connectivity index (χ4v) is 2.06. The van der Waals surface area contributed by atoms with Gasteiger partial charge in [0.05, 0.1) is 6.54 Å². The summed E-state index contributed by atoms with van der Waals surface area (Å²) >= 11 is 0. The zero-order chi connectivity index (χ0) is 13.8. The largest absolute Gasteiger partial charge is 0.489 e. The van der Waals surface area contributed by atoms with Gasteiger partial charge in [0, 0.05) is 24.0 Å². The van der Waals surface area contributed by atoms with E-state index in [2.05, 4.69) is 10.1 Å². The highest BCUT2D eigenvalue weighted by molar-refractivity contribution is 5.84. The number of fused-ring (bicyclic) bond motifs is 1. The Labute approximate surface area is 116 Å². The molecule has 1 atom stereocenters. The minimum absolute atomic E-state index is 0.204. The van der Waals surface area contributed by atoms with Gasteiger partial charge in [-0.2, -0.15) is 5.10 Å². The molecule has 1 aromatic carbocycles. The van der Waals surface area contributed by atoms with E-state index in [0.29, 0.717) is 12.3 Å². The van der Waals surface area contributed by atoms with Gasteiger partial charge in [0.25, 0.3) is 0 Å². The maximum Gasteiger partial charge on any atom is 0.145 e. The summed E-state index contributed by atoms with van der Waals surface area (Å²) < 4.78 is 7.35. The Morgan fingerprint density at radius 3 is 2.90 bits per heavy atom. The van der Waals surface area contributed by atoms with Gasteiger partial charge in [-0.25, -0.2) is 0 Å². The second-order valence-electron chi connectivity index (χ2n) is 4.52. The van der Waals surface area contributed by atoms with Crippen LogP contribution in [0.2, 0.25) is 0 Å². The smallest absolute Gasteiger partial charge is 0.145 e. The normalized spacial score (nSPS) is 12.4. The van der Waals surface area contributed by atoms with Gasteiger partial charge in [-0.1, -0.05) is 18.2 Å². The summed E-state index contributed by atoms with van der Waals surface area (Å²) in [5.74, 6) is 0.683. The first-order chi connectivity index (χ1) is 9.83. The lowest BCUT2D eigenvalue weighted by atomic mass is 10.2. The van der Waals surface area contributed by atoms with E-state index < -0.39 is 6.10 Å². The first-order valence-corrected chi connectivity index (χ1v) is 6.45. The molecule has 0 aliphatic carbocycles. The Hall–Kier alpha value is -2.40. The molecule has 1 N–H and O–H groups in total. The minimum Gasteiger partial charge on any atom is -0.489 e. The van der Waals surface area contributed by atoms with E-state index in [1.165, 1.54) is 0 Å². The third kappa shape index (κ3) is 2.78. The van der Waals surface area contributed by atoms with Crippen LogP contribution in [-0.2, 0) is 6.54 Å². The fraction of sp³-hybridized carbons (Fsp3) is 0.200. The number of benzene rings is 1. The van der Waals surface area contributed by atoms with Gasteiger partial charge in [-0.05, 0) is 18.2 Å². The molecule has 0 saturated heterocycles. The Morgan fingerprint density at radius 2 is 2.05 bits per heavy atom. The van der Waals surface area contributed by atoms with Crippen LogP contribution >= 0.6 is 0 Å². The Bertz CT molecular complexity index is 677. The first-order valence-electron chi connectivity index (χ1n) is 6.45. The number of aliphatic hydroxyl groups is 1. The zero-order valence-electron chi connectivity index (χ0n) is 10.9. The predicted molar refractivity (Wildman–Crippen MR) is 75.5 cm³/mol. The number of nitrogens with zero attached hydrogens (tertiary/aromatic N) is 3. The topological polar surface area (TPSA) is 60.2 Å². The third-order valence-electron chi connectivity index (χ3n) is 2.98. The SMILES string of the molecule is OC(COc1cccc2cccnc12)Cn1cccn1.